The third-order valence-corrected chi connectivity index (χ3v) is 10.8. The number of hydrogen-bond donors (Lipinski definition) is 0. The second-order valence-electron chi connectivity index (χ2n) is 12.8. The van der Waals surface area contributed by atoms with Crippen LogP contribution in [0.5, 0.6) is 0 Å². The van der Waals surface area contributed by atoms with E-state index in [1.165, 1.54) is 81.0 Å². The third kappa shape index (κ3) is 10.8. The van der Waals surface area contributed by atoms with Gasteiger partial charge >= 0.3 is 19.5 Å². The molecule has 0 spiro atoms. The molecule has 12 radical (unpaired) electrons. The molecule has 0 N–H and O–H groups in total. The fourth-order valence-corrected chi connectivity index (χ4v) is 6.93. The molecule has 2 saturated carbocycles. The first-order chi connectivity index (χ1) is 21.5. The first-order valence-corrected chi connectivity index (χ1v) is 16.3. The van der Waals surface area contributed by atoms with Gasteiger partial charge in [-0.2, -0.15) is 21.9 Å². The van der Waals surface area contributed by atoms with E-state index in [0.29, 0.717) is 0 Å². The Kier molecular flexibility index (Phi) is 23.6. The molecule has 270 valence electrons. The Hall–Kier alpha value is -1.46. The van der Waals surface area contributed by atoms with Crippen molar-refractivity contribution in [2.45, 2.75) is 69.2 Å². The topological polar surface area (TPSA) is 0 Å². The summed E-state index contributed by atoms with van der Waals surface area (Å²) in [5.74, 6) is 14.7. The average molecular weight is 859 g/mol. The molecule has 0 unspecified atom stereocenters. The van der Waals surface area contributed by atoms with E-state index in [4.69, 9.17) is 0 Å². The molecule has 0 bridgehead atoms. The van der Waals surface area contributed by atoms with Gasteiger partial charge in [0.05, 0.1) is 0 Å². The summed E-state index contributed by atoms with van der Waals surface area (Å²) in [5, 5.41) is 0. The van der Waals surface area contributed by atoms with Gasteiger partial charge in [-0.3, -0.25) is 0 Å². The molecule has 0 atom stereocenters. The third-order valence-electron chi connectivity index (χ3n) is 10.8. The maximum Gasteiger partial charge on any atom is 2.00 e. The van der Waals surface area contributed by atoms with Crippen molar-refractivity contribution in [3.63, 3.8) is 0 Å². The van der Waals surface area contributed by atoms with Gasteiger partial charge in [-0.05, 0) is 59.2 Å². The SMILES string of the molecule is C[C]1[C](C)[C](C)[C](C)[C]1C.C[C]1[C](C)[C](C)[C](C)[C]1C.[CH3-].[CH3-].[Rh+2].[Rh].[SH-].c1ccc([B-](c2ccccc2)(c2ccccc2)c2ccccc2)cc1. The van der Waals surface area contributed by atoms with Crippen LogP contribution < -0.4 is 21.9 Å². The van der Waals surface area contributed by atoms with Crippen LogP contribution in [-0.2, 0) is 52.5 Å². The van der Waals surface area contributed by atoms with E-state index >= 15 is 0 Å². The van der Waals surface area contributed by atoms with E-state index < -0.39 is 6.15 Å². The van der Waals surface area contributed by atoms with Crippen LogP contribution in [0.2, 0.25) is 0 Å². The van der Waals surface area contributed by atoms with Gasteiger partial charge in [-0.1, -0.05) is 191 Å². The van der Waals surface area contributed by atoms with Gasteiger partial charge in [0.1, 0.15) is 6.15 Å². The van der Waals surface area contributed by atoms with Crippen LogP contribution in [0.25, 0.3) is 0 Å². The summed E-state index contributed by atoms with van der Waals surface area (Å²) < 4.78 is 0. The number of thiol groups is 1. The summed E-state index contributed by atoms with van der Waals surface area (Å²) in [5.41, 5.74) is 5.36. The predicted octanol–water partition coefficient (Wildman–Crippen LogP) is 9.63. The van der Waals surface area contributed by atoms with Crippen molar-refractivity contribution < 1.29 is 39.0 Å². The summed E-state index contributed by atoms with van der Waals surface area (Å²) in [6.45, 7) is 22.0. The smallest absolute Gasteiger partial charge is 0.813 e. The Balaban J connectivity index is 0. The Morgan fingerprint density at radius 1 is 0.280 bits per heavy atom. The predicted molar refractivity (Wildman–Crippen MR) is 221 cm³/mol. The largest absolute Gasteiger partial charge is 2.00 e. The van der Waals surface area contributed by atoms with Gasteiger partial charge in [0, 0.05) is 19.5 Å². The number of rotatable bonds is 4. The summed E-state index contributed by atoms with van der Waals surface area (Å²) in [7, 11) is 0. The van der Waals surface area contributed by atoms with Gasteiger partial charge in [0.15, 0.2) is 0 Å². The van der Waals surface area contributed by atoms with Gasteiger partial charge in [0.25, 0.3) is 0 Å². The van der Waals surface area contributed by atoms with E-state index in [1.54, 1.807) is 0 Å². The van der Waals surface area contributed by atoms with Crippen LogP contribution in [0.1, 0.15) is 69.2 Å². The van der Waals surface area contributed by atoms with Crippen LogP contribution in [-0.4, -0.2) is 6.15 Å². The Labute approximate surface area is 342 Å². The zero-order valence-electron chi connectivity index (χ0n) is 32.2. The Bertz CT molecular complexity index is 1130. The minimum absolute atomic E-state index is 0. The number of benzene rings is 4. The fraction of sp³-hybridized carbons (Fsp3) is 0.217. The fourth-order valence-electron chi connectivity index (χ4n) is 6.93. The van der Waals surface area contributed by atoms with Gasteiger partial charge in [-0.25, -0.2) is 0 Å². The molecular weight excluding hydrogens is 801 g/mol. The number of hydrogen-bond acceptors (Lipinski definition) is 1. The molecule has 4 heteroatoms. The molecule has 50 heavy (non-hydrogen) atoms. The van der Waals surface area contributed by atoms with Crippen molar-refractivity contribution in [3.8, 4) is 0 Å². The Morgan fingerprint density at radius 2 is 0.400 bits per heavy atom. The first-order valence-electron chi connectivity index (χ1n) is 16.3. The molecule has 2 fully saturated rings. The average Bonchev–Trinajstić information content (AvgIpc) is 3.37. The van der Waals surface area contributed by atoms with Crippen LogP contribution in [0.15, 0.2) is 121 Å². The monoisotopic (exact) mass is 858 g/mol. The van der Waals surface area contributed by atoms with Crippen LogP contribution >= 0.6 is 0 Å². The van der Waals surface area contributed by atoms with Crippen molar-refractivity contribution in [3.05, 3.63) is 195 Å². The molecule has 0 aliphatic heterocycles. The molecule has 2 aliphatic rings. The van der Waals surface area contributed by atoms with E-state index in [0.717, 1.165) is 0 Å². The van der Waals surface area contributed by atoms with Gasteiger partial charge in [-0.15, -0.1) is 0 Å². The van der Waals surface area contributed by atoms with Crippen LogP contribution in [0.4, 0.5) is 0 Å². The molecule has 0 amide bonds. The Morgan fingerprint density at radius 3 is 0.520 bits per heavy atom. The summed E-state index contributed by atoms with van der Waals surface area (Å²) >= 11 is 0. The van der Waals surface area contributed by atoms with Crippen molar-refractivity contribution in [1.82, 2.24) is 0 Å². The summed E-state index contributed by atoms with van der Waals surface area (Å²) in [4.78, 5) is 0. The maximum absolute atomic E-state index is 2.26. The van der Waals surface area contributed by atoms with E-state index in [-0.39, 0.29) is 67.3 Å². The van der Waals surface area contributed by atoms with Crippen molar-refractivity contribution in [2.24, 2.45) is 0 Å². The van der Waals surface area contributed by atoms with Crippen LogP contribution in [0, 0.1) is 74.0 Å². The molecule has 0 saturated heterocycles. The normalized spacial score (nSPS) is 17.0. The molecule has 0 aromatic heterocycles. The second-order valence-corrected chi connectivity index (χ2v) is 12.8. The standard InChI is InChI=1S/C24H20B.2C10H15.2CH3.2Rh.H2S/c1-5-13-21(14-6-1)25(22-15-7-2-8-16-22,23-17-9-3-10-18-23)24-19-11-4-12-20-24;2*1-6-7(2)9(4)10(5)8(6)3;;;;;/h1-20H;2*1-5H3;2*1H3;;;1H2/q-1;;;2*-1;;+2;/p-1. The summed E-state index contributed by atoms with van der Waals surface area (Å²) in [6.07, 6.45) is -1.22. The zero-order chi connectivity index (χ0) is 32.7. The van der Waals surface area contributed by atoms with E-state index in [2.05, 4.69) is 191 Å². The molecule has 0 heterocycles. The second kappa shape index (κ2) is 23.3. The molecule has 6 rings (SSSR count). The van der Waals surface area contributed by atoms with Crippen LogP contribution in [0.3, 0.4) is 0 Å². The minimum Gasteiger partial charge on any atom is -0.813 e. The zero-order valence-corrected chi connectivity index (χ0v) is 36.4. The quantitative estimate of drug-likeness (QED) is 0.0854. The van der Waals surface area contributed by atoms with E-state index in [9.17, 15) is 0 Å². The maximum atomic E-state index is 2.26. The van der Waals surface area contributed by atoms with Crippen molar-refractivity contribution >= 4 is 41.5 Å². The summed E-state index contributed by atoms with van der Waals surface area (Å²) in [6, 6.07) is 43.5. The van der Waals surface area contributed by atoms with E-state index in [1.807, 2.05) is 0 Å². The molecule has 0 nitrogen and oxygen atoms in total. The minimum atomic E-state index is -1.22. The first kappa shape index (κ1) is 50.7. The van der Waals surface area contributed by atoms with Gasteiger partial charge in [0.2, 0.25) is 0 Å². The molecule has 4 aromatic carbocycles. The molecule has 4 aromatic rings. The van der Waals surface area contributed by atoms with Gasteiger partial charge < -0.3 is 28.3 Å². The van der Waals surface area contributed by atoms with Crippen molar-refractivity contribution in [1.29, 1.82) is 0 Å². The molecule has 2 aliphatic carbocycles. The van der Waals surface area contributed by atoms with Crippen molar-refractivity contribution in [2.75, 3.05) is 0 Å². The molecular formula is C46H57BRh2S-2.